The van der Waals surface area contributed by atoms with E-state index in [9.17, 15) is 4.21 Å². The van der Waals surface area contributed by atoms with Crippen LogP contribution in [0.3, 0.4) is 0 Å². The molecular weight excluding hydrogens is 312 g/mol. The molecule has 5 nitrogen and oxygen atoms in total. The van der Waals surface area contributed by atoms with Crippen molar-refractivity contribution in [3.05, 3.63) is 52.8 Å². The minimum atomic E-state index is -1.23. The van der Waals surface area contributed by atoms with Gasteiger partial charge in [-0.25, -0.2) is 0 Å². The second-order valence-electron chi connectivity index (χ2n) is 5.60. The van der Waals surface area contributed by atoms with Crippen molar-refractivity contribution in [2.75, 3.05) is 0 Å². The highest BCUT2D eigenvalue weighted by Gasteiger charge is 2.18. The van der Waals surface area contributed by atoms with Gasteiger partial charge in [0.1, 0.15) is 12.0 Å². The van der Waals surface area contributed by atoms with Crippen LogP contribution in [0.2, 0.25) is 0 Å². The van der Waals surface area contributed by atoms with E-state index in [-0.39, 0.29) is 5.75 Å². The summed E-state index contributed by atoms with van der Waals surface area (Å²) < 4.78 is 23.1. The van der Waals surface area contributed by atoms with E-state index in [1.165, 1.54) is 0 Å². The number of hydrogen-bond donors (Lipinski definition) is 0. The molecule has 1 aromatic carbocycles. The maximum atomic E-state index is 12.8. The van der Waals surface area contributed by atoms with Crippen molar-refractivity contribution < 1.29 is 13.1 Å². The number of furan rings is 1. The van der Waals surface area contributed by atoms with E-state index in [1.54, 1.807) is 18.6 Å². The van der Waals surface area contributed by atoms with Crippen LogP contribution in [-0.4, -0.2) is 14.3 Å². The quantitative estimate of drug-likeness (QED) is 0.726. The fourth-order valence-electron chi connectivity index (χ4n) is 2.53. The van der Waals surface area contributed by atoms with Crippen LogP contribution in [0.4, 0.5) is 0 Å². The molecule has 120 valence electrons. The molecule has 0 saturated heterocycles. The standard InChI is InChI=1S/C17H18N2O3S/c1-10-7-11(2)13(4)16(12(10)3)23(20)9-15-18-17(19-22-15)14-5-6-21-8-14/h5-8H,9H2,1-4H3/t23-/m1/s1. The molecule has 0 fully saturated rings. The topological polar surface area (TPSA) is 69.1 Å². The van der Waals surface area contributed by atoms with Crippen molar-refractivity contribution >= 4 is 10.8 Å². The molecule has 23 heavy (non-hydrogen) atoms. The third-order valence-electron chi connectivity index (χ3n) is 4.03. The van der Waals surface area contributed by atoms with Gasteiger partial charge in [-0.1, -0.05) is 11.2 Å². The molecule has 0 bridgehead atoms. The Bertz CT molecular complexity index is 840. The number of hydrogen-bond acceptors (Lipinski definition) is 5. The van der Waals surface area contributed by atoms with Crippen molar-refractivity contribution in [2.45, 2.75) is 38.3 Å². The molecule has 0 radical (unpaired) electrons. The molecule has 6 heteroatoms. The molecule has 0 aliphatic heterocycles. The molecule has 0 N–H and O–H groups in total. The first-order valence-corrected chi connectivity index (χ1v) is 8.60. The summed E-state index contributed by atoms with van der Waals surface area (Å²) in [4.78, 5) is 5.16. The Kier molecular flexibility index (Phi) is 4.17. The summed E-state index contributed by atoms with van der Waals surface area (Å²) in [5.74, 6) is 1.01. The first kappa shape index (κ1) is 15.7. The van der Waals surface area contributed by atoms with Crippen LogP contribution in [0.15, 0.2) is 38.5 Å². The second-order valence-corrected chi connectivity index (χ2v) is 6.99. The van der Waals surface area contributed by atoms with Gasteiger partial charge in [0, 0.05) is 4.90 Å². The van der Waals surface area contributed by atoms with Crippen LogP contribution in [0.5, 0.6) is 0 Å². The Hall–Kier alpha value is -2.21. The van der Waals surface area contributed by atoms with E-state index >= 15 is 0 Å². The molecule has 0 spiro atoms. The van der Waals surface area contributed by atoms with Crippen LogP contribution in [0, 0.1) is 27.7 Å². The number of benzene rings is 1. The van der Waals surface area contributed by atoms with E-state index in [0.29, 0.717) is 11.7 Å². The zero-order chi connectivity index (χ0) is 16.6. The highest BCUT2D eigenvalue weighted by atomic mass is 32.2. The van der Waals surface area contributed by atoms with Crippen molar-refractivity contribution in [1.82, 2.24) is 10.1 Å². The minimum absolute atomic E-state index is 0.204. The fourth-order valence-corrected chi connectivity index (χ4v) is 4.02. The maximum absolute atomic E-state index is 12.8. The van der Waals surface area contributed by atoms with Gasteiger partial charge in [-0.15, -0.1) is 0 Å². The van der Waals surface area contributed by atoms with E-state index in [1.807, 2.05) is 27.7 Å². The summed E-state index contributed by atoms with van der Waals surface area (Å²) in [6, 6.07) is 3.87. The zero-order valence-corrected chi connectivity index (χ0v) is 14.4. The van der Waals surface area contributed by atoms with Crippen molar-refractivity contribution in [1.29, 1.82) is 0 Å². The van der Waals surface area contributed by atoms with Crippen LogP contribution in [0.25, 0.3) is 11.4 Å². The van der Waals surface area contributed by atoms with Gasteiger partial charge in [-0.2, -0.15) is 4.98 Å². The van der Waals surface area contributed by atoms with Crippen LogP contribution < -0.4 is 0 Å². The van der Waals surface area contributed by atoms with Crippen LogP contribution >= 0.6 is 0 Å². The van der Waals surface area contributed by atoms with Crippen LogP contribution in [0.1, 0.15) is 28.1 Å². The van der Waals surface area contributed by atoms with E-state index in [4.69, 9.17) is 8.94 Å². The lowest BCUT2D eigenvalue weighted by atomic mass is 10.0. The van der Waals surface area contributed by atoms with Crippen molar-refractivity contribution in [3.8, 4) is 11.4 Å². The molecule has 3 rings (SSSR count). The third kappa shape index (κ3) is 2.99. The SMILES string of the molecule is Cc1cc(C)c(C)c([S@](=O)Cc2nc(-c3ccoc3)no2)c1C. The molecule has 3 aromatic rings. The van der Waals surface area contributed by atoms with Gasteiger partial charge >= 0.3 is 0 Å². The molecule has 1 atom stereocenters. The Labute approximate surface area is 137 Å². The summed E-state index contributed by atoms with van der Waals surface area (Å²) in [5, 5.41) is 3.90. The first-order chi connectivity index (χ1) is 11.0. The number of rotatable bonds is 4. The van der Waals surface area contributed by atoms with Gasteiger partial charge in [0.15, 0.2) is 0 Å². The van der Waals surface area contributed by atoms with E-state index in [0.717, 1.165) is 32.7 Å². The Morgan fingerprint density at radius 1 is 1.13 bits per heavy atom. The van der Waals surface area contributed by atoms with Crippen molar-refractivity contribution in [3.63, 3.8) is 0 Å². The predicted molar refractivity (Wildman–Crippen MR) is 87.5 cm³/mol. The Morgan fingerprint density at radius 2 is 1.83 bits per heavy atom. The Balaban J connectivity index is 1.89. The normalized spacial score (nSPS) is 12.5. The number of aromatic nitrogens is 2. The average molecular weight is 330 g/mol. The minimum Gasteiger partial charge on any atom is -0.472 e. The predicted octanol–water partition coefficient (Wildman–Crippen LogP) is 3.87. The third-order valence-corrected chi connectivity index (χ3v) is 5.60. The fraction of sp³-hybridized carbons (Fsp3) is 0.294. The smallest absolute Gasteiger partial charge is 0.239 e. The molecular formula is C17H18N2O3S. The van der Waals surface area contributed by atoms with E-state index in [2.05, 4.69) is 16.2 Å². The molecule has 0 aliphatic rings. The monoisotopic (exact) mass is 330 g/mol. The summed E-state index contributed by atoms with van der Waals surface area (Å²) in [5.41, 5.74) is 5.13. The van der Waals surface area contributed by atoms with Gasteiger partial charge in [0.2, 0.25) is 11.7 Å². The van der Waals surface area contributed by atoms with Gasteiger partial charge in [0.25, 0.3) is 0 Å². The molecule has 0 aliphatic carbocycles. The van der Waals surface area contributed by atoms with Gasteiger partial charge in [0.05, 0.1) is 22.6 Å². The zero-order valence-electron chi connectivity index (χ0n) is 13.5. The molecule has 2 aromatic heterocycles. The number of nitrogens with zero attached hydrogens (tertiary/aromatic N) is 2. The molecule has 2 heterocycles. The molecule has 0 amide bonds. The van der Waals surface area contributed by atoms with Gasteiger partial charge in [-0.05, 0) is 56.0 Å². The van der Waals surface area contributed by atoms with E-state index < -0.39 is 10.8 Å². The highest BCUT2D eigenvalue weighted by molar-refractivity contribution is 7.84. The summed E-state index contributed by atoms with van der Waals surface area (Å²) in [6.07, 6.45) is 3.09. The summed E-state index contributed by atoms with van der Waals surface area (Å²) in [6.45, 7) is 8.07. The first-order valence-electron chi connectivity index (χ1n) is 7.28. The second kappa shape index (κ2) is 6.12. The van der Waals surface area contributed by atoms with Gasteiger partial charge < -0.3 is 8.94 Å². The largest absolute Gasteiger partial charge is 0.472 e. The summed E-state index contributed by atoms with van der Waals surface area (Å²) >= 11 is 0. The lowest BCUT2D eigenvalue weighted by Crippen LogP contribution is -2.05. The van der Waals surface area contributed by atoms with Crippen LogP contribution in [-0.2, 0) is 16.6 Å². The average Bonchev–Trinajstić information content (AvgIpc) is 3.16. The molecule has 0 unspecified atom stereocenters. The lowest BCUT2D eigenvalue weighted by Gasteiger charge is -2.13. The lowest BCUT2D eigenvalue weighted by molar-refractivity contribution is 0.390. The summed E-state index contributed by atoms with van der Waals surface area (Å²) in [7, 11) is -1.23. The number of aryl methyl sites for hydroxylation is 2. The van der Waals surface area contributed by atoms with Gasteiger partial charge in [-0.3, -0.25) is 4.21 Å². The van der Waals surface area contributed by atoms with Crippen molar-refractivity contribution in [2.24, 2.45) is 0 Å². The molecule has 0 saturated carbocycles. The maximum Gasteiger partial charge on any atom is 0.239 e. The highest BCUT2D eigenvalue weighted by Crippen LogP contribution is 2.26. The Morgan fingerprint density at radius 3 is 2.43 bits per heavy atom.